The number of carboxylic acid groups (broad SMARTS) is 2. The number of fused-ring (bicyclic) bond motifs is 1. The first-order chi connectivity index (χ1) is 17.0. The molecule has 0 saturated carbocycles. The van der Waals surface area contributed by atoms with Crippen molar-refractivity contribution >= 4 is 69.7 Å². The summed E-state index contributed by atoms with van der Waals surface area (Å²) >= 11 is 12.9. The zero-order valence-electron chi connectivity index (χ0n) is 18.9. The fourth-order valence-electron chi connectivity index (χ4n) is 3.37. The van der Waals surface area contributed by atoms with Crippen molar-refractivity contribution in [1.29, 1.82) is 0 Å². The number of amides is 1. The number of carboxylic acids is 2. The lowest BCUT2D eigenvalue weighted by molar-refractivity contribution is -0.140. The minimum atomic E-state index is -1.39. The molecule has 13 nitrogen and oxygen atoms in total. The van der Waals surface area contributed by atoms with Crippen molar-refractivity contribution < 1.29 is 24.6 Å². The van der Waals surface area contributed by atoms with Crippen molar-refractivity contribution in [2.24, 2.45) is 0 Å². The van der Waals surface area contributed by atoms with E-state index in [9.17, 15) is 19.5 Å². The molecule has 1 aromatic carbocycles. The van der Waals surface area contributed by atoms with Gasteiger partial charge >= 0.3 is 11.9 Å². The van der Waals surface area contributed by atoms with E-state index in [4.69, 9.17) is 39.8 Å². The van der Waals surface area contributed by atoms with E-state index in [1.807, 2.05) is 6.92 Å². The number of nitrogens with two attached hydrogens (primary N) is 2. The first-order valence-electron chi connectivity index (χ1n) is 10.5. The molecule has 0 aliphatic carbocycles. The van der Waals surface area contributed by atoms with Crippen LogP contribution in [-0.2, 0) is 16.1 Å². The maximum absolute atomic E-state index is 12.6. The maximum Gasteiger partial charge on any atom is 0.326 e. The Morgan fingerprint density at radius 1 is 1.11 bits per heavy atom. The van der Waals surface area contributed by atoms with E-state index in [1.54, 1.807) is 4.90 Å². The summed E-state index contributed by atoms with van der Waals surface area (Å²) in [5.41, 5.74) is 13.0. The number of nitrogen functional groups attached to an aromatic ring is 2. The minimum Gasteiger partial charge on any atom is -0.481 e. The van der Waals surface area contributed by atoms with E-state index in [0.29, 0.717) is 17.9 Å². The fourth-order valence-corrected chi connectivity index (χ4v) is 4.10. The Kier molecular flexibility index (Phi) is 8.27. The largest absolute Gasteiger partial charge is 0.481 e. The number of carbonyl (C=O) groups is 3. The number of nitrogens with zero attached hydrogens (tertiary/aromatic N) is 5. The van der Waals surface area contributed by atoms with Crippen molar-refractivity contribution in [3.63, 3.8) is 0 Å². The maximum atomic E-state index is 12.6. The molecule has 15 heteroatoms. The Bertz CT molecular complexity index is 1320. The lowest BCUT2D eigenvalue weighted by Gasteiger charge is -2.25. The molecule has 1 amide bonds. The van der Waals surface area contributed by atoms with E-state index in [2.05, 4.69) is 25.3 Å². The van der Waals surface area contributed by atoms with E-state index >= 15 is 0 Å². The van der Waals surface area contributed by atoms with Crippen molar-refractivity contribution in [1.82, 2.24) is 25.3 Å². The normalized spacial score (nSPS) is 11.8. The van der Waals surface area contributed by atoms with Crippen LogP contribution in [0.5, 0.6) is 0 Å². The summed E-state index contributed by atoms with van der Waals surface area (Å²) in [6.45, 7) is 2.54. The number of halogens is 2. The van der Waals surface area contributed by atoms with Crippen LogP contribution in [0.1, 0.15) is 35.8 Å². The number of aliphatic carboxylic acids is 2. The van der Waals surface area contributed by atoms with Gasteiger partial charge < -0.3 is 31.9 Å². The fraction of sp³-hybridized carbons (Fsp3) is 0.286. The van der Waals surface area contributed by atoms with Crippen LogP contribution in [0.15, 0.2) is 18.3 Å². The zero-order chi connectivity index (χ0) is 26.6. The van der Waals surface area contributed by atoms with Gasteiger partial charge in [0.1, 0.15) is 6.04 Å². The molecule has 0 radical (unpaired) electrons. The molecule has 3 aromatic rings. The molecule has 0 aliphatic heterocycles. The molecule has 3 rings (SSSR count). The van der Waals surface area contributed by atoms with Gasteiger partial charge in [-0.05, 0) is 25.5 Å². The summed E-state index contributed by atoms with van der Waals surface area (Å²) in [5, 5.41) is 20.6. The molecule has 7 N–H and O–H groups in total. The predicted molar refractivity (Wildman–Crippen MR) is 133 cm³/mol. The van der Waals surface area contributed by atoms with E-state index in [0.717, 1.165) is 0 Å². The van der Waals surface area contributed by atoms with Crippen molar-refractivity contribution in [3.05, 3.63) is 39.6 Å². The highest BCUT2D eigenvalue weighted by Crippen LogP contribution is 2.36. The monoisotopic (exact) mass is 536 g/mol. The molecule has 2 heterocycles. The Balaban J connectivity index is 1.84. The summed E-state index contributed by atoms with van der Waals surface area (Å²) in [4.78, 5) is 53.1. The molecule has 0 bridgehead atoms. The molecule has 1 unspecified atom stereocenters. The summed E-state index contributed by atoms with van der Waals surface area (Å²) in [6.07, 6.45) is 0.796. The number of hydrogen-bond donors (Lipinski definition) is 5. The van der Waals surface area contributed by atoms with Crippen LogP contribution in [0.4, 0.5) is 17.5 Å². The van der Waals surface area contributed by atoms with Crippen LogP contribution in [-0.4, -0.2) is 60.6 Å². The van der Waals surface area contributed by atoms with Gasteiger partial charge in [-0.25, -0.2) is 14.8 Å². The predicted octanol–water partition coefficient (Wildman–Crippen LogP) is 1.97. The van der Waals surface area contributed by atoms with Crippen LogP contribution < -0.4 is 21.7 Å². The van der Waals surface area contributed by atoms with Crippen LogP contribution in [0.25, 0.3) is 11.2 Å². The number of carbonyl (C=O) groups excluding carboxylic acids is 1. The molecular weight excluding hydrogens is 515 g/mol. The van der Waals surface area contributed by atoms with Crippen molar-refractivity contribution in [2.45, 2.75) is 32.4 Å². The Morgan fingerprint density at radius 2 is 1.78 bits per heavy atom. The third-order valence-electron chi connectivity index (χ3n) is 5.08. The lowest BCUT2D eigenvalue weighted by Crippen LogP contribution is -2.41. The zero-order valence-corrected chi connectivity index (χ0v) is 20.4. The Hall–Kier alpha value is -3.97. The minimum absolute atomic E-state index is 0.0133. The smallest absolute Gasteiger partial charge is 0.326 e. The third-order valence-corrected chi connectivity index (χ3v) is 5.66. The second-order valence-corrected chi connectivity index (χ2v) is 8.41. The van der Waals surface area contributed by atoms with Crippen LogP contribution in [0, 0.1) is 0 Å². The van der Waals surface area contributed by atoms with Crippen LogP contribution >= 0.6 is 23.2 Å². The molecule has 36 heavy (non-hydrogen) atoms. The van der Waals surface area contributed by atoms with E-state index in [1.165, 1.54) is 18.3 Å². The molecule has 0 aliphatic rings. The highest BCUT2D eigenvalue weighted by atomic mass is 35.5. The average molecular weight is 537 g/mol. The highest BCUT2D eigenvalue weighted by Gasteiger charge is 2.24. The van der Waals surface area contributed by atoms with Gasteiger partial charge in [-0.2, -0.15) is 9.97 Å². The average Bonchev–Trinajstić information content (AvgIpc) is 2.80. The van der Waals surface area contributed by atoms with Gasteiger partial charge in [0.15, 0.2) is 17.0 Å². The standard InChI is InChI=1S/C21H22Cl2N8O5/c1-2-31(8-10-7-26-18-15(27-10)17(24)29-21(25)30-18)16-11(22)5-9(6-12(16)23)19(34)28-13(20(35)36)3-4-14(32)33/h5-7,13H,2-4,8H2,1H3,(H,28,34)(H,32,33)(H,35,36)(H4,24,25,26,29,30). The summed E-state index contributed by atoms with van der Waals surface area (Å²) < 4.78 is 0. The topological polar surface area (TPSA) is 211 Å². The molecule has 2 aromatic heterocycles. The second kappa shape index (κ2) is 11.2. The lowest BCUT2D eigenvalue weighted by atomic mass is 10.1. The van der Waals surface area contributed by atoms with Gasteiger partial charge in [0, 0.05) is 18.5 Å². The number of rotatable bonds is 10. The summed E-state index contributed by atoms with van der Waals surface area (Å²) in [5.74, 6) is -3.23. The molecule has 1 atom stereocenters. The van der Waals surface area contributed by atoms with E-state index < -0.39 is 30.3 Å². The van der Waals surface area contributed by atoms with Gasteiger partial charge in [-0.15, -0.1) is 0 Å². The summed E-state index contributed by atoms with van der Waals surface area (Å²) in [6, 6.07) is 1.30. The Labute approximate surface area is 214 Å². The third kappa shape index (κ3) is 6.17. The Morgan fingerprint density at radius 3 is 2.36 bits per heavy atom. The molecular formula is C21H22Cl2N8O5. The van der Waals surface area contributed by atoms with Crippen molar-refractivity contribution in [2.75, 3.05) is 22.9 Å². The van der Waals surface area contributed by atoms with Crippen molar-refractivity contribution in [3.8, 4) is 0 Å². The van der Waals surface area contributed by atoms with Gasteiger partial charge in [-0.1, -0.05) is 23.2 Å². The molecule has 0 saturated heterocycles. The number of aromatic nitrogens is 4. The number of anilines is 3. The highest BCUT2D eigenvalue weighted by molar-refractivity contribution is 6.39. The van der Waals surface area contributed by atoms with Gasteiger partial charge in [0.05, 0.1) is 34.2 Å². The molecule has 190 valence electrons. The number of hydrogen-bond acceptors (Lipinski definition) is 10. The number of benzene rings is 1. The van der Waals surface area contributed by atoms with Gasteiger partial charge in [0.2, 0.25) is 5.95 Å². The van der Waals surface area contributed by atoms with Crippen LogP contribution in [0.3, 0.4) is 0 Å². The van der Waals surface area contributed by atoms with Gasteiger partial charge in [0.25, 0.3) is 5.91 Å². The summed E-state index contributed by atoms with van der Waals surface area (Å²) in [7, 11) is 0. The molecule has 0 fully saturated rings. The first-order valence-corrected chi connectivity index (χ1v) is 11.3. The van der Waals surface area contributed by atoms with E-state index in [-0.39, 0.29) is 51.5 Å². The van der Waals surface area contributed by atoms with Crippen LogP contribution in [0.2, 0.25) is 10.0 Å². The quantitative estimate of drug-likeness (QED) is 0.251. The molecule has 0 spiro atoms. The van der Waals surface area contributed by atoms with Gasteiger partial charge in [-0.3, -0.25) is 9.59 Å². The number of nitrogens with one attached hydrogen (secondary N) is 1. The second-order valence-electron chi connectivity index (χ2n) is 7.60. The first kappa shape index (κ1) is 26.6. The SMILES string of the molecule is CCN(Cc1cnc2nc(N)nc(N)c2n1)c1c(Cl)cc(C(=O)NC(CCC(=O)O)C(=O)O)cc1Cl.